The average Bonchev–Trinajstić information content (AvgIpc) is 3.58. The SMILES string of the molecule is CC/C=C\C/C=C\C/C=C\C/C=C\C/C=C\CCCCCCCCCCCC(=O)OC1C(OCC(NC(=O)C(O)CC/C=C\C/C=C\C/C=C\C/C=C\CCCCC)C(O)/C=C/CCCCCCCCCCCCC)OC(CO)C(O)C1O. The number of aliphatic hydroxyl groups is 5. The predicted octanol–water partition coefficient (Wildman–Crippen LogP) is 16.6. The minimum Gasteiger partial charge on any atom is -0.454 e. The van der Waals surface area contributed by atoms with Gasteiger partial charge in [0.25, 0.3) is 0 Å². The molecule has 1 fully saturated rings. The van der Waals surface area contributed by atoms with E-state index in [0.717, 1.165) is 116 Å². The van der Waals surface area contributed by atoms with Crippen molar-refractivity contribution in [3.8, 4) is 0 Å². The second kappa shape index (κ2) is 58.4. The highest BCUT2D eigenvalue weighted by molar-refractivity contribution is 5.80. The monoisotopic (exact) mass is 1160 g/mol. The molecule has 1 heterocycles. The Morgan fingerprint density at radius 1 is 0.482 bits per heavy atom. The van der Waals surface area contributed by atoms with Gasteiger partial charge in [-0.1, -0.05) is 264 Å². The zero-order valence-corrected chi connectivity index (χ0v) is 52.5. The summed E-state index contributed by atoms with van der Waals surface area (Å²) >= 11 is 0. The fourth-order valence-electron chi connectivity index (χ4n) is 9.61. The van der Waals surface area contributed by atoms with Gasteiger partial charge in [0.1, 0.15) is 24.4 Å². The largest absolute Gasteiger partial charge is 0.454 e. The van der Waals surface area contributed by atoms with E-state index in [9.17, 15) is 35.1 Å². The highest BCUT2D eigenvalue weighted by Gasteiger charge is 2.47. The topological polar surface area (TPSA) is 175 Å². The molecule has 0 aromatic rings. The average molecular weight is 1160 g/mol. The Kier molecular flexibility index (Phi) is 54.3. The molecular formula is C72H121NO10. The molecule has 83 heavy (non-hydrogen) atoms. The van der Waals surface area contributed by atoms with Crippen LogP contribution in [0.1, 0.15) is 258 Å². The first kappa shape index (κ1) is 77.1. The van der Waals surface area contributed by atoms with Crippen molar-refractivity contribution in [1.29, 1.82) is 0 Å². The normalized spacial score (nSPS) is 19.3. The van der Waals surface area contributed by atoms with Crippen LogP contribution >= 0.6 is 0 Å². The summed E-state index contributed by atoms with van der Waals surface area (Å²) in [7, 11) is 0. The maximum atomic E-state index is 13.4. The van der Waals surface area contributed by atoms with Crippen molar-refractivity contribution < 1.29 is 49.3 Å². The first-order valence-corrected chi connectivity index (χ1v) is 33.3. The van der Waals surface area contributed by atoms with Gasteiger partial charge < -0.3 is 45.1 Å². The van der Waals surface area contributed by atoms with Crippen molar-refractivity contribution in [3.05, 3.63) is 122 Å². The Balaban J connectivity index is 2.66. The van der Waals surface area contributed by atoms with Crippen LogP contribution in [0.5, 0.6) is 0 Å². The predicted molar refractivity (Wildman–Crippen MR) is 347 cm³/mol. The summed E-state index contributed by atoms with van der Waals surface area (Å²) in [5, 5.41) is 57.0. The van der Waals surface area contributed by atoms with Crippen molar-refractivity contribution in [2.75, 3.05) is 13.2 Å². The number of rotatable bonds is 55. The Morgan fingerprint density at radius 2 is 0.867 bits per heavy atom. The molecule has 0 saturated carbocycles. The second-order valence-electron chi connectivity index (χ2n) is 22.5. The minimum absolute atomic E-state index is 0.103. The lowest BCUT2D eigenvalue weighted by molar-refractivity contribution is -0.305. The van der Waals surface area contributed by atoms with Crippen LogP contribution in [-0.4, -0.2) is 99.6 Å². The zero-order valence-electron chi connectivity index (χ0n) is 52.5. The molecule has 0 aliphatic carbocycles. The van der Waals surface area contributed by atoms with E-state index in [-0.39, 0.29) is 19.4 Å². The number of ether oxygens (including phenoxy) is 3. The number of hydrogen-bond acceptors (Lipinski definition) is 10. The van der Waals surface area contributed by atoms with Crippen LogP contribution in [0.3, 0.4) is 0 Å². The third kappa shape index (κ3) is 46.0. The third-order valence-corrected chi connectivity index (χ3v) is 14.9. The highest BCUT2D eigenvalue weighted by Crippen LogP contribution is 2.26. The molecule has 1 rings (SSSR count). The quantitative estimate of drug-likeness (QED) is 0.0195. The Labute approximate surface area is 506 Å². The molecule has 1 aliphatic rings. The van der Waals surface area contributed by atoms with Gasteiger partial charge in [0, 0.05) is 6.42 Å². The van der Waals surface area contributed by atoms with Crippen LogP contribution in [0.2, 0.25) is 0 Å². The molecule has 0 aromatic carbocycles. The lowest BCUT2D eigenvalue weighted by Gasteiger charge is -2.41. The van der Waals surface area contributed by atoms with Crippen molar-refractivity contribution >= 4 is 11.9 Å². The van der Waals surface area contributed by atoms with Crippen LogP contribution < -0.4 is 5.32 Å². The van der Waals surface area contributed by atoms with E-state index < -0.39 is 67.4 Å². The molecule has 8 atom stereocenters. The molecule has 0 radical (unpaired) electrons. The van der Waals surface area contributed by atoms with Gasteiger partial charge in [-0.2, -0.15) is 0 Å². The highest BCUT2D eigenvalue weighted by atomic mass is 16.7. The lowest BCUT2D eigenvalue weighted by atomic mass is 9.99. The van der Waals surface area contributed by atoms with Crippen molar-refractivity contribution in [2.45, 2.75) is 307 Å². The van der Waals surface area contributed by atoms with Crippen molar-refractivity contribution in [2.24, 2.45) is 0 Å². The van der Waals surface area contributed by atoms with E-state index >= 15 is 0 Å². The molecular weight excluding hydrogens is 1040 g/mol. The number of hydrogen-bond donors (Lipinski definition) is 6. The summed E-state index contributed by atoms with van der Waals surface area (Å²) < 4.78 is 17.6. The first-order valence-electron chi connectivity index (χ1n) is 33.3. The fourth-order valence-corrected chi connectivity index (χ4v) is 9.61. The number of amides is 1. The van der Waals surface area contributed by atoms with Gasteiger partial charge in [-0.05, 0) is 109 Å². The Morgan fingerprint density at radius 3 is 1.33 bits per heavy atom. The van der Waals surface area contributed by atoms with Gasteiger partial charge in [-0.15, -0.1) is 0 Å². The zero-order chi connectivity index (χ0) is 60.3. The van der Waals surface area contributed by atoms with E-state index in [4.69, 9.17) is 14.2 Å². The van der Waals surface area contributed by atoms with E-state index in [1.54, 1.807) is 6.08 Å². The van der Waals surface area contributed by atoms with Crippen molar-refractivity contribution in [1.82, 2.24) is 5.32 Å². The number of esters is 1. The minimum atomic E-state index is -1.63. The summed E-state index contributed by atoms with van der Waals surface area (Å²) in [5.74, 6) is -1.27. The first-order chi connectivity index (χ1) is 40.7. The van der Waals surface area contributed by atoms with E-state index in [2.05, 4.69) is 123 Å². The molecule has 8 unspecified atom stereocenters. The van der Waals surface area contributed by atoms with Crippen molar-refractivity contribution in [3.63, 3.8) is 0 Å². The molecule has 474 valence electrons. The molecule has 0 bridgehead atoms. The Hall–Kier alpha value is -3.94. The summed E-state index contributed by atoms with van der Waals surface area (Å²) in [5.41, 5.74) is 0. The summed E-state index contributed by atoms with van der Waals surface area (Å²) in [6.07, 6.45) is 71.0. The number of aliphatic hydroxyl groups excluding tert-OH is 5. The van der Waals surface area contributed by atoms with Gasteiger partial charge in [0.2, 0.25) is 5.91 Å². The number of allylic oxidation sites excluding steroid dienone is 19. The van der Waals surface area contributed by atoms with Crippen LogP contribution in [0.15, 0.2) is 122 Å². The molecule has 0 spiro atoms. The van der Waals surface area contributed by atoms with E-state index in [1.807, 2.05) is 18.2 Å². The fraction of sp³-hybridized carbons (Fsp3) is 0.694. The molecule has 1 saturated heterocycles. The van der Waals surface area contributed by atoms with E-state index in [1.165, 1.54) is 96.3 Å². The Bertz CT molecular complexity index is 1810. The second-order valence-corrected chi connectivity index (χ2v) is 22.5. The number of carbonyl (C=O) groups is 2. The van der Waals surface area contributed by atoms with Gasteiger partial charge in [-0.25, -0.2) is 0 Å². The smallest absolute Gasteiger partial charge is 0.306 e. The number of nitrogens with one attached hydrogen (secondary N) is 1. The number of carbonyl (C=O) groups excluding carboxylic acids is 2. The standard InChI is InChI=1S/C72H121NO10/c1-4-7-10-13-16-19-22-25-27-29-30-31-32-33-34-35-36-37-39-42-45-48-51-54-57-60-67(77)83-70-69(79)68(78)66(61-74)82-72(70)81-62-63(64(75)58-55-52-49-46-43-40-24-21-18-15-12-9-6-3)73-71(80)65(76)59-56-53-50-47-44-41-38-28-26-23-20-17-14-11-8-5-2/h7,10,16-17,19-20,25-28,30-31,33-34,41,44,50,53,55,58,63-66,68-70,72,74-76,78-79H,4-6,8-9,11-15,18,21-24,29,32,35-40,42-43,45-49,51-52,54,56-57,59-62H2,1-3H3,(H,73,80)/b10-7-,19-16-,20-17-,27-25-,28-26-,31-30-,34-33-,44-41-,53-50-,58-55+. The molecule has 1 amide bonds. The van der Waals surface area contributed by atoms with Gasteiger partial charge in [0.05, 0.1) is 25.4 Å². The van der Waals surface area contributed by atoms with Crippen LogP contribution in [0.4, 0.5) is 0 Å². The maximum absolute atomic E-state index is 13.4. The summed E-state index contributed by atoms with van der Waals surface area (Å²) in [4.78, 5) is 26.6. The molecule has 11 heteroatoms. The van der Waals surface area contributed by atoms with Gasteiger partial charge >= 0.3 is 5.97 Å². The maximum Gasteiger partial charge on any atom is 0.306 e. The molecule has 11 nitrogen and oxygen atoms in total. The van der Waals surface area contributed by atoms with Crippen LogP contribution in [0, 0.1) is 0 Å². The molecule has 0 aromatic heterocycles. The van der Waals surface area contributed by atoms with Gasteiger partial charge in [0.15, 0.2) is 12.4 Å². The summed E-state index contributed by atoms with van der Waals surface area (Å²) in [6, 6.07) is -1.06. The van der Waals surface area contributed by atoms with E-state index in [0.29, 0.717) is 12.8 Å². The summed E-state index contributed by atoms with van der Waals surface area (Å²) in [6.45, 7) is 5.61. The molecule has 1 aliphatic heterocycles. The van der Waals surface area contributed by atoms with Crippen LogP contribution in [0.25, 0.3) is 0 Å². The van der Waals surface area contributed by atoms with Crippen LogP contribution in [-0.2, 0) is 23.8 Å². The van der Waals surface area contributed by atoms with Gasteiger partial charge in [-0.3, -0.25) is 9.59 Å². The number of unbranched alkanes of at least 4 members (excludes halogenated alkanes) is 23. The molecule has 6 N–H and O–H groups in total. The lowest BCUT2D eigenvalue weighted by Crippen LogP contribution is -2.61. The third-order valence-electron chi connectivity index (χ3n) is 14.9.